The molecule has 176 valence electrons. The van der Waals surface area contributed by atoms with E-state index in [1.165, 1.54) is 0 Å². The van der Waals surface area contributed by atoms with Crippen LogP contribution in [0.2, 0.25) is 5.15 Å². The third-order valence-electron chi connectivity index (χ3n) is 5.84. The van der Waals surface area contributed by atoms with E-state index < -0.39 is 15.6 Å². The van der Waals surface area contributed by atoms with Crippen molar-refractivity contribution in [3.63, 3.8) is 0 Å². The fourth-order valence-corrected chi connectivity index (χ4v) is 4.84. The minimum absolute atomic E-state index is 0.0468. The molecule has 0 saturated carbocycles. The summed E-state index contributed by atoms with van der Waals surface area (Å²) in [5, 5.41) is 14.2. The Morgan fingerprint density at radius 3 is 2.49 bits per heavy atom. The van der Waals surface area contributed by atoms with Crippen molar-refractivity contribution in [1.29, 1.82) is 5.26 Å². The molecule has 2 N–H and O–H groups in total. The number of rotatable bonds is 6. The Morgan fingerprint density at radius 2 is 1.83 bits per heavy atom. The number of aromatic nitrogens is 2. The van der Waals surface area contributed by atoms with Gasteiger partial charge in [0.25, 0.3) is 0 Å². The first-order valence-corrected chi connectivity index (χ1v) is 12.9. The van der Waals surface area contributed by atoms with Crippen molar-refractivity contribution >= 4 is 43.9 Å². The van der Waals surface area contributed by atoms with Crippen LogP contribution in [0.1, 0.15) is 11.1 Å². The van der Waals surface area contributed by atoms with Crippen molar-refractivity contribution in [2.75, 3.05) is 29.5 Å². The summed E-state index contributed by atoms with van der Waals surface area (Å²) in [4.78, 5) is 8.59. The Balaban J connectivity index is 1.63. The largest absolute Gasteiger partial charge is 0.376 e. The molecule has 1 saturated heterocycles. The number of sulfonamides is 1. The van der Waals surface area contributed by atoms with Gasteiger partial charge >= 0.3 is 0 Å². The highest BCUT2D eigenvalue weighted by molar-refractivity contribution is 7.92. The molecule has 0 bridgehead atoms. The zero-order valence-electron chi connectivity index (χ0n) is 18.6. The number of anilines is 2. The van der Waals surface area contributed by atoms with E-state index in [2.05, 4.69) is 26.1 Å². The topological polar surface area (TPSA) is 117 Å². The summed E-state index contributed by atoms with van der Waals surface area (Å²) in [6.07, 6.45) is 4.17. The molecule has 4 aromatic rings. The molecule has 0 radical (unpaired) electrons. The van der Waals surface area contributed by atoms with Crippen LogP contribution < -0.4 is 10.0 Å². The average Bonchev–Trinajstić information content (AvgIpc) is 2.82. The zero-order chi connectivity index (χ0) is 24.6. The van der Waals surface area contributed by atoms with Gasteiger partial charge in [-0.15, -0.1) is 0 Å². The van der Waals surface area contributed by atoms with Gasteiger partial charge in [0.15, 0.2) is 5.15 Å². The quantitative estimate of drug-likeness (QED) is 0.370. The molecule has 0 aliphatic carbocycles. The van der Waals surface area contributed by atoms with Gasteiger partial charge in [0, 0.05) is 23.3 Å². The van der Waals surface area contributed by atoms with Crippen LogP contribution in [-0.4, -0.2) is 37.9 Å². The van der Waals surface area contributed by atoms with Crippen LogP contribution >= 0.6 is 11.6 Å². The smallest absolute Gasteiger partial charge is 0.229 e. The van der Waals surface area contributed by atoms with Crippen LogP contribution in [0.25, 0.3) is 22.0 Å². The Bertz CT molecular complexity index is 1580. The Morgan fingerprint density at radius 1 is 1.06 bits per heavy atom. The number of hydrogen-bond donors (Lipinski definition) is 2. The van der Waals surface area contributed by atoms with E-state index in [1.54, 1.807) is 18.5 Å². The molecular weight excluding hydrogens is 486 g/mol. The molecule has 1 aliphatic rings. The highest BCUT2D eigenvalue weighted by Gasteiger charge is 2.41. The van der Waals surface area contributed by atoms with Crippen LogP contribution in [0.3, 0.4) is 0 Å². The fourth-order valence-electron chi connectivity index (χ4n) is 4.08. The standard InChI is InChI=1S/C25H20ClN5O3S/c1-35(32,33)31-22-10-17(12-29-24(22)26)16-7-8-21-20(9-16)23(18(11-27)13-28-21)30-25(14-34-15-25)19-5-3-2-4-6-19/h2-10,12-13,31H,14-15H2,1H3,(H,28,30). The number of pyridine rings is 2. The van der Waals surface area contributed by atoms with Gasteiger partial charge < -0.3 is 10.1 Å². The van der Waals surface area contributed by atoms with Crippen LogP contribution in [0.5, 0.6) is 0 Å². The third-order valence-corrected chi connectivity index (χ3v) is 6.74. The Labute approximate surface area is 207 Å². The van der Waals surface area contributed by atoms with E-state index in [0.717, 1.165) is 22.8 Å². The van der Waals surface area contributed by atoms with Gasteiger partial charge in [0.05, 0.1) is 41.9 Å². The van der Waals surface area contributed by atoms with Crippen LogP contribution in [0.15, 0.2) is 67.0 Å². The van der Waals surface area contributed by atoms with E-state index in [4.69, 9.17) is 16.3 Å². The normalized spacial score (nSPS) is 14.7. The SMILES string of the molecule is CS(=O)(=O)Nc1cc(-c2ccc3ncc(C#N)c(NC4(c5ccccc5)COC4)c3c2)cnc1Cl. The molecule has 0 amide bonds. The first kappa shape index (κ1) is 23.1. The average molecular weight is 506 g/mol. The monoisotopic (exact) mass is 505 g/mol. The van der Waals surface area contributed by atoms with Crippen LogP contribution in [0, 0.1) is 11.3 Å². The van der Waals surface area contributed by atoms with Crippen molar-refractivity contribution in [3.05, 3.63) is 83.3 Å². The summed E-state index contributed by atoms with van der Waals surface area (Å²) < 4.78 is 31.4. The first-order valence-electron chi connectivity index (χ1n) is 10.7. The molecule has 0 atom stereocenters. The molecule has 35 heavy (non-hydrogen) atoms. The van der Waals surface area contributed by atoms with Crippen molar-refractivity contribution < 1.29 is 13.2 Å². The lowest BCUT2D eigenvalue weighted by Crippen LogP contribution is -2.53. The summed E-state index contributed by atoms with van der Waals surface area (Å²) in [6.45, 7) is 0.931. The van der Waals surface area contributed by atoms with Crippen molar-refractivity contribution in [3.8, 4) is 17.2 Å². The highest BCUT2D eigenvalue weighted by Crippen LogP contribution is 2.38. The van der Waals surface area contributed by atoms with Gasteiger partial charge in [-0.25, -0.2) is 13.4 Å². The second-order valence-corrected chi connectivity index (χ2v) is 10.5. The number of nitrogens with zero attached hydrogens (tertiary/aromatic N) is 3. The van der Waals surface area contributed by atoms with Crippen LogP contribution in [0.4, 0.5) is 11.4 Å². The Kier molecular flexibility index (Phi) is 5.81. The van der Waals surface area contributed by atoms with Crippen molar-refractivity contribution in [2.24, 2.45) is 0 Å². The van der Waals surface area contributed by atoms with Gasteiger partial charge in [0.2, 0.25) is 10.0 Å². The molecule has 1 fully saturated rings. The van der Waals surface area contributed by atoms with Gasteiger partial charge in [-0.3, -0.25) is 9.71 Å². The molecular formula is C25H20ClN5O3S. The van der Waals surface area contributed by atoms with Gasteiger partial charge in [-0.1, -0.05) is 48.0 Å². The minimum atomic E-state index is -3.53. The number of halogens is 1. The predicted octanol–water partition coefficient (Wildman–Crippen LogP) is 4.53. The molecule has 2 aromatic heterocycles. The first-order chi connectivity index (χ1) is 16.8. The number of ether oxygens (including phenoxy) is 1. The summed E-state index contributed by atoms with van der Waals surface area (Å²) in [5.74, 6) is 0. The van der Waals surface area contributed by atoms with Crippen LogP contribution in [-0.2, 0) is 20.3 Å². The molecule has 8 nitrogen and oxygen atoms in total. The molecule has 3 heterocycles. The second-order valence-electron chi connectivity index (χ2n) is 8.39. The second kappa shape index (κ2) is 8.82. The maximum absolute atomic E-state index is 11.7. The summed E-state index contributed by atoms with van der Waals surface area (Å²) in [5.41, 5.74) is 3.96. The molecule has 5 rings (SSSR count). The van der Waals surface area contributed by atoms with E-state index in [9.17, 15) is 13.7 Å². The van der Waals surface area contributed by atoms with E-state index in [1.807, 2.05) is 48.5 Å². The summed E-state index contributed by atoms with van der Waals surface area (Å²) >= 11 is 6.10. The molecule has 10 heteroatoms. The maximum atomic E-state index is 11.7. The number of hydrogen-bond acceptors (Lipinski definition) is 7. The number of nitrogens with one attached hydrogen (secondary N) is 2. The maximum Gasteiger partial charge on any atom is 0.229 e. The van der Waals surface area contributed by atoms with Crippen molar-refractivity contribution in [1.82, 2.24) is 9.97 Å². The van der Waals surface area contributed by atoms with E-state index in [-0.39, 0.29) is 10.8 Å². The number of benzene rings is 2. The number of nitriles is 1. The lowest BCUT2D eigenvalue weighted by Gasteiger charge is -2.43. The van der Waals surface area contributed by atoms with Gasteiger partial charge in [-0.2, -0.15) is 5.26 Å². The highest BCUT2D eigenvalue weighted by atomic mass is 35.5. The zero-order valence-corrected chi connectivity index (χ0v) is 20.2. The molecule has 2 aromatic carbocycles. The minimum Gasteiger partial charge on any atom is -0.376 e. The summed E-state index contributed by atoms with van der Waals surface area (Å²) in [7, 11) is -3.53. The molecule has 1 aliphatic heterocycles. The van der Waals surface area contributed by atoms with Crippen molar-refractivity contribution in [2.45, 2.75) is 5.54 Å². The molecule has 0 unspecified atom stereocenters. The lowest BCUT2D eigenvalue weighted by molar-refractivity contribution is -0.0446. The lowest BCUT2D eigenvalue weighted by atomic mass is 9.87. The Hall–Kier alpha value is -3.71. The third kappa shape index (κ3) is 4.51. The summed E-state index contributed by atoms with van der Waals surface area (Å²) in [6, 6.07) is 19.4. The van der Waals surface area contributed by atoms with Gasteiger partial charge in [0.1, 0.15) is 11.6 Å². The van der Waals surface area contributed by atoms with Gasteiger partial charge in [-0.05, 0) is 29.3 Å². The van der Waals surface area contributed by atoms with E-state index in [0.29, 0.717) is 35.5 Å². The fraction of sp³-hybridized carbons (Fsp3) is 0.160. The predicted molar refractivity (Wildman–Crippen MR) is 136 cm³/mol. The number of fused-ring (bicyclic) bond motifs is 1. The molecule has 0 spiro atoms. The van der Waals surface area contributed by atoms with E-state index >= 15 is 0 Å².